The second-order valence-corrected chi connectivity index (χ2v) is 4.99. The first-order valence-electron chi connectivity index (χ1n) is 7.61. The quantitative estimate of drug-likeness (QED) is 0.413. The highest BCUT2D eigenvalue weighted by molar-refractivity contribution is 5.87. The number of hydrogen-bond acceptors (Lipinski definition) is 2. The molecule has 0 atom stereocenters. The van der Waals surface area contributed by atoms with Gasteiger partial charge in [-0.2, -0.15) is 0 Å². The van der Waals surface area contributed by atoms with Crippen LogP contribution >= 0.6 is 0 Å². The summed E-state index contributed by atoms with van der Waals surface area (Å²) in [5, 5.41) is 12.0. The summed E-state index contributed by atoms with van der Waals surface area (Å²) < 4.78 is 0. The molecule has 114 valence electrons. The first-order valence-corrected chi connectivity index (χ1v) is 7.61. The van der Waals surface area contributed by atoms with E-state index in [0.29, 0.717) is 6.54 Å². The number of rotatable bonds is 9. The van der Waals surface area contributed by atoms with Gasteiger partial charge in [0.05, 0.1) is 0 Å². The lowest BCUT2D eigenvalue weighted by atomic mass is 10.1. The molecular weight excluding hydrogens is 262 g/mol. The number of unbranched alkanes of at least 4 members (excludes halogenated alkanes) is 3. The maximum atomic E-state index is 11.6. The van der Waals surface area contributed by atoms with E-state index in [1.807, 2.05) is 18.2 Å². The average Bonchev–Trinajstić information content (AvgIpc) is 2.48. The predicted molar refractivity (Wildman–Crippen MR) is 87.2 cm³/mol. The number of aromatic hydroxyl groups is 1. The van der Waals surface area contributed by atoms with E-state index in [1.165, 1.54) is 19.3 Å². The van der Waals surface area contributed by atoms with Crippen molar-refractivity contribution in [2.45, 2.75) is 39.0 Å². The van der Waals surface area contributed by atoms with E-state index in [1.54, 1.807) is 24.3 Å². The van der Waals surface area contributed by atoms with Crippen molar-refractivity contribution in [2.24, 2.45) is 0 Å². The molecule has 0 aliphatic carbocycles. The lowest BCUT2D eigenvalue weighted by molar-refractivity contribution is -0.116. The van der Waals surface area contributed by atoms with Gasteiger partial charge in [0.2, 0.25) is 5.91 Å². The fraction of sp³-hybridized carbons (Fsp3) is 0.389. The van der Waals surface area contributed by atoms with E-state index in [-0.39, 0.29) is 11.7 Å². The van der Waals surface area contributed by atoms with Crippen LogP contribution in [0, 0.1) is 0 Å². The van der Waals surface area contributed by atoms with E-state index in [2.05, 4.69) is 18.3 Å². The Balaban J connectivity index is 2.14. The predicted octanol–water partition coefficient (Wildman–Crippen LogP) is 3.74. The van der Waals surface area contributed by atoms with Crippen molar-refractivity contribution in [3.63, 3.8) is 0 Å². The minimum absolute atomic E-state index is 0.0769. The lowest BCUT2D eigenvalue weighted by Gasteiger charge is -2.02. The molecule has 1 rings (SSSR count). The number of phenolic OH excluding ortho intramolecular Hbond substituents is 1. The summed E-state index contributed by atoms with van der Waals surface area (Å²) in [7, 11) is 0. The van der Waals surface area contributed by atoms with Gasteiger partial charge in [-0.05, 0) is 37.0 Å². The standard InChI is InChI=1S/C18H25NO2/c1-2-3-4-5-6-7-8-9-18(21)19-15-14-16-10-12-17(20)13-11-16/h6-13,20H,2-5,14-15H2,1H3,(H,19,21)/b7-6+,9-8+. The van der Waals surface area contributed by atoms with Gasteiger partial charge in [0, 0.05) is 12.6 Å². The summed E-state index contributed by atoms with van der Waals surface area (Å²) in [5.74, 6) is 0.184. The molecule has 0 saturated carbocycles. The minimum Gasteiger partial charge on any atom is -0.508 e. The Morgan fingerprint density at radius 3 is 2.67 bits per heavy atom. The highest BCUT2D eigenvalue weighted by Crippen LogP contribution is 2.09. The summed E-state index contributed by atoms with van der Waals surface area (Å²) in [4.78, 5) is 11.6. The normalized spacial score (nSPS) is 11.3. The van der Waals surface area contributed by atoms with Crippen LogP contribution in [0.4, 0.5) is 0 Å². The number of nitrogens with one attached hydrogen (secondary N) is 1. The summed E-state index contributed by atoms with van der Waals surface area (Å²) in [6.45, 7) is 2.78. The van der Waals surface area contributed by atoms with Crippen LogP contribution in [-0.4, -0.2) is 17.6 Å². The minimum atomic E-state index is -0.0769. The number of amides is 1. The molecule has 0 aromatic heterocycles. The van der Waals surface area contributed by atoms with Crippen LogP contribution in [0.25, 0.3) is 0 Å². The zero-order chi connectivity index (χ0) is 15.3. The first-order chi connectivity index (χ1) is 10.2. The molecule has 0 radical (unpaired) electrons. The topological polar surface area (TPSA) is 49.3 Å². The van der Waals surface area contributed by atoms with Gasteiger partial charge in [0.1, 0.15) is 5.75 Å². The maximum Gasteiger partial charge on any atom is 0.243 e. The molecular formula is C18H25NO2. The summed E-state index contributed by atoms with van der Waals surface area (Å²) in [5.41, 5.74) is 1.09. The van der Waals surface area contributed by atoms with E-state index in [9.17, 15) is 9.90 Å². The number of hydrogen-bond donors (Lipinski definition) is 2. The Labute approximate surface area is 127 Å². The Hall–Kier alpha value is -2.03. The van der Waals surface area contributed by atoms with Crippen LogP contribution in [0.2, 0.25) is 0 Å². The van der Waals surface area contributed by atoms with Gasteiger partial charge >= 0.3 is 0 Å². The van der Waals surface area contributed by atoms with Crippen molar-refractivity contribution in [1.29, 1.82) is 0 Å². The van der Waals surface area contributed by atoms with Crippen LogP contribution in [0.5, 0.6) is 5.75 Å². The van der Waals surface area contributed by atoms with Crippen LogP contribution in [0.3, 0.4) is 0 Å². The van der Waals surface area contributed by atoms with Crippen molar-refractivity contribution in [3.8, 4) is 5.75 Å². The third kappa shape index (κ3) is 8.69. The Bertz CT molecular complexity index is 461. The molecule has 1 aromatic carbocycles. The Kier molecular flexibility index (Phi) is 8.69. The maximum absolute atomic E-state index is 11.6. The smallest absolute Gasteiger partial charge is 0.243 e. The van der Waals surface area contributed by atoms with Gasteiger partial charge < -0.3 is 10.4 Å². The second kappa shape index (κ2) is 10.7. The van der Waals surface area contributed by atoms with E-state index in [0.717, 1.165) is 18.4 Å². The van der Waals surface area contributed by atoms with Gasteiger partial charge in [-0.1, -0.05) is 50.1 Å². The number of carbonyl (C=O) groups excluding carboxylic acids is 1. The van der Waals surface area contributed by atoms with E-state index in [4.69, 9.17) is 0 Å². The van der Waals surface area contributed by atoms with Crippen molar-refractivity contribution in [2.75, 3.05) is 6.54 Å². The monoisotopic (exact) mass is 287 g/mol. The summed E-state index contributed by atoms with van der Waals surface area (Å²) in [6, 6.07) is 7.02. The molecule has 2 N–H and O–H groups in total. The van der Waals surface area contributed by atoms with Gasteiger partial charge in [0.25, 0.3) is 0 Å². The zero-order valence-corrected chi connectivity index (χ0v) is 12.7. The van der Waals surface area contributed by atoms with Crippen LogP contribution in [0.15, 0.2) is 48.6 Å². The number of phenols is 1. The summed E-state index contributed by atoms with van der Waals surface area (Å²) in [6.07, 6.45) is 12.9. The van der Waals surface area contributed by atoms with Crippen LogP contribution < -0.4 is 5.32 Å². The SMILES string of the molecule is CCCCC/C=C/C=C/C(=O)NCCc1ccc(O)cc1. The van der Waals surface area contributed by atoms with Crippen LogP contribution in [0.1, 0.15) is 38.2 Å². The molecule has 3 nitrogen and oxygen atoms in total. The lowest BCUT2D eigenvalue weighted by Crippen LogP contribution is -2.23. The molecule has 21 heavy (non-hydrogen) atoms. The van der Waals surface area contributed by atoms with E-state index >= 15 is 0 Å². The molecule has 0 bridgehead atoms. The Morgan fingerprint density at radius 2 is 1.95 bits per heavy atom. The van der Waals surface area contributed by atoms with Gasteiger partial charge in [-0.15, -0.1) is 0 Å². The molecule has 1 aromatic rings. The number of allylic oxidation sites excluding steroid dienone is 3. The van der Waals surface area contributed by atoms with Gasteiger partial charge in [-0.25, -0.2) is 0 Å². The van der Waals surface area contributed by atoms with Gasteiger partial charge in [-0.3, -0.25) is 4.79 Å². The third-order valence-corrected chi connectivity index (χ3v) is 3.12. The zero-order valence-electron chi connectivity index (χ0n) is 12.7. The van der Waals surface area contributed by atoms with Crippen LogP contribution in [-0.2, 0) is 11.2 Å². The first kappa shape index (κ1) is 17.0. The molecule has 1 amide bonds. The molecule has 0 heterocycles. The molecule has 0 saturated heterocycles. The van der Waals surface area contributed by atoms with Crippen molar-refractivity contribution < 1.29 is 9.90 Å². The molecule has 0 aliphatic rings. The Morgan fingerprint density at radius 1 is 1.19 bits per heavy atom. The molecule has 0 aliphatic heterocycles. The van der Waals surface area contributed by atoms with Crippen molar-refractivity contribution in [1.82, 2.24) is 5.32 Å². The molecule has 3 heteroatoms. The largest absolute Gasteiger partial charge is 0.508 e. The van der Waals surface area contributed by atoms with E-state index < -0.39 is 0 Å². The highest BCUT2D eigenvalue weighted by atomic mass is 16.3. The number of benzene rings is 1. The summed E-state index contributed by atoms with van der Waals surface area (Å²) >= 11 is 0. The average molecular weight is 287 g/mol. The van der Waals surface area contributed by atoms with Gasteiger partial charge in [0.15, 0.2) is 0 Å². The number of carbonyl (C=O) groups is 1. The van der Waals surface area contributed by atoms with Crippen molar-refractivity contribution in [3.05, 3.63) is 54.1 Å². The second-order valence-electron chi connectivity index (χ2n) is 4.99. The fourth-order valence-electron chi connectivity index (χ4n) is 1.88. The fourth-order valence-corrected chi connectivity index (χ4v) is 1.88. The molecule has 0 spiro atoms. The molecule has 0 unspecified atom stereocenters. The van der Waals surface area contributed by atoms with Crippen molar-refractivity contribution >= 4 is 5.91 Å². The third-order valence-electron chi connectivity index (χ3n) is 3.12. The highest BCUT2D eigenvalue weighted by Gasteiger charge is 1.96. The molecule has 0 fully saturated rings.